The Hall–Kier alpha value is -4.63. The van der Waals surface area contributed by atoms with Crippen molar-refractivity contribution in [3.63, 3.8) is 0 Å². The van der Waals surface area contributed by atoms with Gasteiger partial charge in [0.05, 0.1) is 35.9 Å². The van der Waals surface area contributed by atoms with Crippen molar-refractivity contribution in [1.82, 2.24) is 24.5 Å². The van der Waals surface area contributed by atoms with Gasteiger partial charge in [-0.05, 0) is 36.8 Å². The van der Waals surface area contributed by atoms with Gasteiger partial charge in [0.2, 0.25) is 0 Å². The van der Waals surface area contributed by atoms with Crippen molar-refractivity contribution >= 4 is 32.4 Å². The van der Waals surface area contributed by atoms with Crippen molar-refractivity contribution < 1.29 is 31.1 Å². The maximum absolute atomic E-state index is 13.5. The molecular formula is C28H28F3N7O4S. The molecule has 0 radical (unpaired) electrons. The zero-order valence-electron chi connectivity index (χ0n) is 23.3. The van der Waals surface area contributed by atoms with E-state index in [1.807, 2.05) is 10.9 Å². The van der Waals surface area contributed by atoms with Gasteiger partial charge in [-0.3, -0.25) is 14.1 Å². The number of nitrogens with zero attached hydrogens (tertiary/aromatic N) is 5. The summed E-state index contributed by atoms with van der Waals surface area (Å²) in [6, 6.07) is 9.79. The normalized spacial score (nSPS) is 12.6. The van der Waals surface area contributed by atoms with E-state index in [0.717, 1.165) is 11.1 Å². The molecule has 3 N–H and O–H groups in total. The Balaban J connectivity index is 1.61. The lowest BCUT2D eigenvalue weighted by Crippen LogP contribution is -2.21. The van der Waals surface area contributed by atoms with E-state index in [9.17, 15) is 21.6 Å². The van der Waals surface area contributed by atoms with Crippen molar-refractivity contribution in [2.45, 2.75) is 25.3 Å². The number of anilines is 2. The van der Waals surface area contributed by atoms with Gasteiger partial charge in [0, 0.05) is 43.2 Å². The number of hydrogen-bond donors (Lipinski definition) is 2. The maximum atomic E-state index is 13.5. The van der Waals surface area contributed by atoms with Gasteiger partial charge >= 0.3 is 5.76 Å². The predicted molar refractivity (Wildman–Crippen MR) is 155 cm³/mol. The molecule has 0 bridgehead atoms. The Kier molecular flexibility index (Phi) is 8.28. The molecule has 0 aliphatic carbocycles. The first-order valence-electron chi connectivity index (χ1n) is 13.0. The number of hydrogen-bond acceptors (Lipinski definition) is 8. The van der Waals surface area contributed by atoms with Gasteiger partial charge in [-0.2, -0.15) is 19.0 Å². The zero-order valence-corrected chi connectivity index (χ0v) is 24.1. The van der Waals surface area contributed by atoms with Gasteiger partial charge in [0.25, 0.3) is 10.0 Å². The van der Waals surface area contributed by atoms with Crippen molar-refractivity contribution in [1.29, 1.82) is 0 Å². The van der Waals surface area contributed by atoms with Crippen LogP contribution in [0.5, 0.6) is 5.75 Å². The number of methoxy groups -OCH3 is 1. The summed E-state index contributed by atoms with van der Waals surface area (Å²) in [5.41, 5.74) is 9.71. The van der Waals surface area contributed by atoms with Crippen molar-refractivity contribution in [3.8, 4) is 28.1 Å². The molecule has 15 heteroatoms. The van der Waals surface area contributed by atoms with E-state index in [0.29, 0.717) is 40.9 Å². The molecule has 0 aliphatic heterocycles. The average molecular weight is 616 g/mol. The molecule has 2 aromatic carbocycles. The van der Waals surface area contributed by atoms with E-state index < -0.39 is 27.7 Å². The van der Waals surface area contributed by atoms with Crippen LogP contribution in [0.1, 0.15) is 18.6 Å². The number of nitrogens with two attached hydrogens (primary N) is 1. The van der Waals surface area contributed by atoms with Crippen LogP contribution in [0.15, 0.2) is 61.1 Å². The van der Waals surface area contributed by atoms with E-state index in [1.165, 1.54) is 42.5 Å². The molecule has 0 amide bonds. The van der Waals surface area contributed by atoms with Crippen LogP contribution in [0.4, 0.5) is 24.7 Å². The van der Waals surface area contributed by atoms with Gasteiger partial charge in [-0.15, -0.1) is 0 Å². The fourth-order valence-corrected chi connectivity index (χ4v) is 5.16. The van der Waals surface area contributed by atoms with Gasteiger partial charge < -0.3 is 15.2 Å². The number of alkyl halides is 2. The topological polar surface area (TPSA) is 139 Å². The molecule has 5 aromatic rings. The molecule has 5 rings (SSSR count). The van der Waals surface area contributed by atoms with E-state index >= 15 is 0 Å². The number of nitrogen functional groups attached to an aromatic ring is 1. The van der Waals surface area contributed by atoms with Crippen molar-refractivity contribution in [2.24, 2.45) is 7.05 Å². The van der Waals surface area contributed by atoms with Crippen LogP contribution < -0.4 is 15.2 Å². The fourth-order valence-electron chi connectivity index (χ4n) is 4.60. The van der Waals surface area contributed by atoms with Crippen LogP contribution in [-0.4, -0.2) is 52.4 Å². The number of aromatic nitrogens is 5. The molecule has 3 aromatic heterocycles. The Morgan fingerprint density at radius 3 is 2.53 bits per heavy atom. The molecule has 11 nitrogen and oxygen atoms in total. The van der Waals surface area contributed by atoms with Crippen LogP contribution in [-0.2, 0) is 28.4 Å². The average Bonchev–Trinajstić information content (AvgIpc) is 3.58. The second-order valence-electron chi connectivity index (χ2n) is 9.67. The lowest BCUT2D eigenvalue weighted by atomic mass is 10.0. The summed E-state index contributed by atoms with van der Waals surface area (Å²) in [6.07, 6.45) is 4.47. The van der Waals surface area contributed by atoms with E-state index in [-0.39, 0.29) is 17.3 Å². The third kappa shape index (κ3) is 6.12. The Labute approximate surface area is 245 Å². The lowest BCUT2D eigenvalue weighted by molar-refractivity contribution is 0.183. The summed E-state index contributed by atoms with van der Waals surface area (Å²) >= 11 is 0. The minimum atomic E-state index is -5.01. The van der Waals surface area contributed by atoms with Gasteiger partial charge in [-0.1, -0.05) is 18.2 Å². The quantitative estimate of drug-likeness (QED) is 0.212. The summed E-state index contributed by atoms with van der Waals surface area (Å²) in [5.74, 6) is -3.98. The third-order valence-corrected chi connectivity index (χ3v) is 7.72. The Morgan fingerprint density at radius 1 is 1.09 bits per heavy atom. The van der Waals surface area contributed by atoms with Crippen LogP contribution in [0, 0.1) is 5.82 Å². The smallest absolute Gasteiger partial charge is 0.355 e. The molecule has 0 spiro atoms. The van der Waals surface area contributed by atoms with Gasteiger partial charge in [0.15, 0.2) is 0 Å². The van der Waals surface area contributed by atoms with Gasteiger partial charge in [-0.25, -0.2) is 17.8 Å². The largest absolute Gasteiger partial charge is 0.484 e. The number of pyridine rings is 1. The number of benzene rings is 2. The standard InChI is InChI=1S/C28H28F3N7O4S/c1-16(17-4-7-20(29)8-5-17)42-23-12-18(6-9-22(23)36-43(39,40)28(30)31)25-24-26(37(2)35-25)21(14-33-27(24)32)19-13-34-38(15-19)10-11-41-3/h4-9,12-16,28,36H,10-11H2,1-3H3,(H2,32,33)/t16-/m0/s1. The first-order valence-corrected chi connectivity index (χ1v) is 14.5. The maximum Gasteiger partial charge on any atom is 0.355 e. The summed E-state index contributed by atoms with van der Waals surface area (Å²) in [6.45, 7) is 2.70. The summed E-state index contributed by atoms with van der Waals surface area (Å²) < 4.78 is 80.4. The highest BCUT2D eigenvalue weighted by Gasteiger charge is 2.27. The Morgan fingerprint density at radius 2 is 1.84 bits per heavy atom. The number of fused-ring (bicyclic) bond motifs is 1. The van der Waals surface area contributed by atoms with E-state index in [4.69, 9.17) is 15.2 Å². The van der Waals surface area contributed by atoms with E-state index in [1.54, 1.807) is 42.8 Å². The fraction of sp³-hybridized carbons (Fsp3) is 0.250. The molecule has 0 saturated carbocycles. The van der Waals surface area contributed by atoms with Crippen LogP contribution >= 0.6 is 0 Å². The van der Waals surface area contributed by atoms with Crippen molar-refractivity contribution in [2.75, 3.05) is 24.2 Å². The first-order chi connectivity index (χ1) is 20.5. The minimum absolute atomic E-state index is 0.0561. The zero-order chi connectivity index (χ0) is 30.9. The summed E-state index contributed by atoms with van der Waals surface area (Å²) in [5, 5.41) is 9.57. The molecular weight excluding hydrogens is 587 g/mol. The third-order valence-electron chi connectivity index (χ3n) is 6.74. The molecule has 0 aliphatic rings. The monoisotopic (exact) mass is 615 g/mol. The van der Waals surface area contributed by atoms with Crippen LogP contribution in [0.25, 0.3) is 33.3 Å². The van der Waals surface area contributed by atoms with E-state index in [2.05, 4.69) is 15.2 Å². The second-order valence-corrected chi connectivity index (χ2v) is 11.3. The lowest BCUT2D eigenvalue weighted by Gasteiger charge is -2.19. The number of rotatable bonds is 11. The molecule has 0 fully saturated rings. The molecule has 0 saturated heterocycles. The Bertz CT molecular complexity index is 1880. The SMILES string of the molecule is COCCn1cc(-c2cnc(N)c3c(-c4ccc(NS(=O)(=O)C(F)F)c(O[C@@H](C)c5ccc(F)cc5)c4)nn(C)c23)cn1. The molecule has 226 valence electrons. The highest BCUT2D eigenvalue weighted by molar-refractivity contribution is 7.93. The van der Waals surface area contributed by atoms with Crippen LogP contribution in [0.2, 0.25) is 0 Å². The predicted octanol–water partition coefficient (Wildman–Crippen LogP) is 4.97. The molecule has 1 atom stereocenters. The van der Waals surface area contributed by atoms with Crippen LogP contribution in [0.3, 0.4) is 0 Å². The molecule has 0 unspecified atom stereocenters. The highest BCUT2D eigenvalue weighted by atomic mass is 32.2. The number of sulfonamides is 1. The first kappa shape index (κ1) is 29.8. The second kappa shape index (κ2) is 11.9. The molecule has 43 heavy (non-hydrogen) atoms. The number of halogens is 3. The van der Waals surface area contributed by atoms with Crippen molar-refractivity contribution in [3.05, 3.63) is 72.4 Å². The van der Waals surface area contributed by atoms with Gasteiger partial charge in [0.1, 0.15) is 29.2 Å². The molecule has 3 heterocycles. The minimum Gasteiger partial charge on any atom is -0.484 e. The number of nitrogens with one attached hydrogen (secondary N) is 1. The summed E-state index contributed by atoms with van der Waals surface area (Å²) in [7, 11) is -1.67. The summed E-state index contributed by atoms with van der Waals surface area (Å²) in [4.78, 5) is 4.38. The number of aryl methyl sites for hydroxylation is 1. The highest BCUT2D eigenvalue weighted by Crippen LogP contribution is 2.40. The number of ether oxygens (including phenoxy) is 2.